The van der Waals surface area contributed by atoms with E-state index in [0.29, 0.717) is 32.7 Å². The number of hydrogen-bond acceptors (Lipinski definition) is 4. The predicted molar refractivity (Wildman–Crippen MR) is 64.3 cm³/mol. The summed E-state index contributed by atoms with van der Waals surface area (Å²) in [5.74, 6) is -0.000192. The topological polar surface area (TPSA) is 65.4 Å². The van der Waals surface area contributed by atoms with Crippen molar-refractivity contribution in [3.63, 3.8) is 0 Å². The first-order chi connectivity index (χ1) is 8.24. The Balaban J connectivity index is 2.57. The van der Waals surface area contributed by atoms with Crippen LogP contribution >= 0.6 is 0 Å². The standard InChI is InChI=1S/C12H21N3O2/c1-3-14-11-9-17-8-10(11)12(16)15(4-2)7-5-6-13/h10-11,14H,3-5,7-9H2,1-2H3. The van der Waals surface area contributed by atoms with Crippen molar-refractivity contribution in [1.29, 1.82) is 5.26 Å². The predicted octanol–water partition coefficient (Wildman–Crippen LogP) is 0.373. The van der Waals surface area contributed by atoms with Crippen LogP contribution in [0.4, 0.5) is 0 Å². The molecular formula is C12H21N3O2. The van der Waals surface area contributed by atoms with Crippen LogP contribution < -0.4 is 5.32 Å². The Morgan fingerprint density at radius 1 is 1.53 bits per heavy atom. The summed E-state index contributed by atoms with van der Waals surface area (Å²) >= 11 is 0. The summed E-state index contributed by atoms with van der Waals surface area (Å²) in [6.45, 7) is 7.04. The lowest BCUT2D eigenvalue weighted by Crippen LogP contribution is -2.46. The Morgan fingerprint density at radius 2 is 2.29 bits per heavy atom. The van der Waals surface area contributed by atoms with Gasteiger partial charge in [-0.2, -0.15) is 5.26 Å². The number of hydrogen-bond donors (Lipinski definition) is 1. The van der Waals surface area contributed by atoms with Crippen LogP contribution in [0.1, 0.15) is 20.3 Å². The SMILES string of the molecule is CCNC1COCC1C(=O)N(CC)CCC#N. The third-order valence-electron chi connectivity index (χ3n) is 3.05. The highest BCUT2D eigenvalue weighted by Crippen LogP contribution is 2.16. The van der Waals surface area contributed by atoms with Gasteiger partial charge in [0.05, 0.1) is 31.6 Å². The Kier molecular flexibility index (Phi) is 5.95. The number of carbonyl (C=O) groups excluding carboxylic acids is 1. The van der Waals surface area contributed by atoms with E-state index in [4.69, 9.17) is 10.00 Å². The van der Waals surface area contributed by atoms with E-state index in [2.05, 4.69) is 11.4 Å². The summed E-state index contributed by atoms with van der Waals surface area (Å²) in [6.07, 6.45) is 0.388. The second-order valence-electron chi connectivity index (χ2n) is 4.13. The van der Waals surface area contributed by atoms with Crippen LogP contribution in [0, 0.1) is 17.2 Å². The second kappa shape index (κ2) is 7.25. The third kappa shape index (κ3) is 3.69. The second-order valence-corrected chi connectivity index (χ2v) is 4.13. The van der Waals surface area contributed by atoms with Crippen molar-refractivity contribution < 1.29 is 9.53 Å². The fourth-order valence-electron chi connectivity index (χ4n) is 2.10. The van der Waals surface area contributed by atoms with Gasteiger partial charge in [0.1, 0.15) is 0 Å². The van der Waals surface area contributed by atoms with E-state index in [9.17, 15) is 4.79 Å². The van der Waals surface area contributed by atoms with Gasteiger partial charge < -0.3 is 15.0 Å². The number of ether oxygens (including phenoxy) is 1. The molecule has 17 heavy (non-hydrogen) atoms. The van der Waals surface area contributed by atoms with Crippen molar-refractivity contribution in [2.24, 2.45) is 5.92 Å². The monoisotopic (exact) mass is 239 g/mol. The van der Waals surface area contributed by atoms with Crippen LogP contribution in [0.15, 0.2) is 0 Å². The first kappa shape index (κ1) is 13.9. The van der Waals surface area contributed by atoms with Gasteiger partial charge in [-0.1, -0.05) is 6.92 Å². The van der Waals surface area contributed by atoms with Gasteiger partial charge in [0.15, 0.2) is 0 Å². The summed E-state index contributed by atoms with van der Waals surface area (Å²) < 4.78 is 5.37. The van der Waals surface area contributed by atoms with Crippen LogP contribution in [-0.4, -0.2) is 49.7 Å². The molecule has 0 aromatic rings. The van der Waals surface area contributed by atoms with Crippen LogP contribution in [0.2, 0.25) is 0 Å². The Labute approximate surface area is 103 Å². The molecule has 2 atom stereocenters. The lowest BCUT2D eigenvalue weighted by molar-refractivity contribution is -0.135. The molecule has 0 bridgehead atoms. The van der Waals surface area contributed by atoms with Crippen LogP contribution in [0.3, 0.4) is 0 Å². The molecule has 0 spiro atoms. The minimum Gasteiger partial charge on any atom is -0.379 e. The van der Waals surface area contributed by atoms with Crippen LogP contribution in [0.5, 0.6) is 0 Å². The lowest BCUT2D eigenvalue weighted by Gasteiger charge is -2.25. The molecule has 0 aromatic carbocycles. The lowest BCUT2D eigenvalue weighted by atomic mass is 10.0. The molecule has 1 fully saturated rings. The minimum atomic E-state index is -0.103. The van der Waals surface area contributed by atoms with Crippen molar-refractivity contribution in [3.05, 3.63) is 0 Å². The number of nitrogens with one attached hydrogen (secondary N) is 1. The van der Waals surface area contributed by atoms with Gasteiger partial charge in [-0.15, -0.1) is 0 Å². The number of rotatable bonds is 6. The molecule has 5 heteroatoms. The molecule has 0 aliphatic carbocycles. The Morgan fingerprint density at radius 3 is 2.88 bits per heavy atom. The van der Waals surface area contributed by atoms with Gasteiger partial charge in [0.25, 0.3) is 0 Å². The van der Waals surface area contributed by atoms with E-state index in [1.54, 1.807) is 4.90 Å². The third-order valence-corrected chi connectivity index (χ3v) is 3.05. The van der Waals surface area contributed by atoms with Crippen molar-refractivity contribution in [3.8, 4) is 6.07 Å². The fraction of sp³-hybridized carbons (Fsp3) is 0.833. The summed E-state index contributed by atoms with van der Waals surface area (Å²) in [6, 6.07) is 2.19. The summed E-state index contributed by atoms with van der Waals surface area (Å²) in [5, 5.41) is 11.8. The first-order valence-electron chi connectivity index (χ1n) is 6.21. The smallest absolute Gasteiger partial charge is 0.229 e. The molecule has 1 aliphatic heterocycles. The fourth-order valence-corrected chi connectivity index (χ4v) is 2.10. The maximum Gasteiger partial charge on any atom is 0.229 e. The van der Waals surface area contributed by atoms with Crippen molar-refractivity contribution in [1.82, 2.24) is 10.2 Å². The van der Waals surface area contributed by atoms with Gasteiger partial charge in [-0.3, -0.25) is 4.79 Å². The normalized spacial score (nSPS) is 23.4. The Hall–Kier alpha value is -1.12. The van der Waals surface area contributed by atoms with Gasteiger partial charge in [-0.05, 0) is 13.5 Å². The molecule has 1 aliphatic rings. The molecule has 1 rings (SSSR count). The number of amides is 1. The first-order valence-corrected chi connectivity index (χ1v) is 6.21. The van der Waals surface area contributed by atoms with Gasteiger partial charge >= 0.3 is 0 Å². The van der Waals surface area contributed by atoms with Crippen LogP contribution in [0.25, 0.3) is 0 Å². The molecule has 1 amide bonds. The number of carbonyl (C=O) groups is 1. The number of nitrogens with zero attached hydrogens (tertiary/aromatic N) is 2. The van der Waals surface area contributed by atoms with E-state index in [1.165, 1.54) is 0 Å². The van der Waals surface area contributed by atoms with E-state index >= 15 is 0 Å². The van der Waals surface area contributed by atoms with Crippen LogP contribution in [-0.2, 0) is 9.53 Å². The molecule has 1 N–H and O–H groups in total. The van der Waals surface area contributed by atoms with E-state index in [-0.39, 0.29) is 17.9 Å². The maximum atomic E-state index is 12.3. The zero-order valence-electron chi connectivity index (χ0n) is 10.6. The highest BCUT2D eigenvalue weighted by Gasteiger charge is 2.35. The quantitative estimate of drug-likeness (QED) is 0.727. The van der Waals surface area contributed by atoms with Gasteiger partial charge in [-0.25, -0.2) is 0 Å². The highest BCUT2D eigenvalue weighted by atomic mass is 16.5. The van der Waals surface area contributed by atoms with Gasteiger partial charge in [0, 0.05) is 19.1 Å². The molecule has 5 nitrogen and oxygen atoms in total. The van der Waals surface area contributed by atoms with E-state index < -0.39 is 0 Å². The molecule has 96 valence electrons. The molecule has 0 radical (unpaired) electrons. The maximum absolute atomic E-state index is 12.3. The summed E-state index contributed by atoms with van der Waals surface area (Å²) in [7, 11) is 0. The van der Waals surface area contributed by atoms with E-state index in [0.717, 1.165) is 6.54 Å². The largest absolute Gasteiger partial charge is 0.379 e. The molecular weight excluding hydrogens is 218 g/mol. The number of nitriles is 1. The molecule has 1 saturated heterocycles. The average Bonchev–Trinajstić information content (AvgIpc) is 2.78. The minimum absolute atomic E-state index is 0.103. The van der Waals surface area contributed by atoms with E-state index in [1.807, 2.05) is 13.8 Å². The average molecular weight is 239 g/mol. The molecule has 0 saturated carbocycles. The van der Waals surface area contributed by atoms with Crippen molar-refractivity contribution in [2.45, 2.75) is 26.3 Å². The Bertz CT molecular complexity index is 288. The zero-order chi connectivity index (χ0) is 12.7. The van der Waals surface area contributed by atoms with Gasteiger partial charge in [0.2, 0.25) is 5.91 Å². The molecule has 0 aromatic heterocycles. The summed E-state index contributed by atoms with van der Waals surface area (Å²) in [5.41, 5.74) is 0. The highest BCUT2D eigenvalue weighted by molar-refractivity contribution is 5.80. The van der Waals surface area contributed by atoms with Crippen molar-refractivity contribution >= 4 is 5.91 Å². The zero-order valence-corrected chi connectivity index (χ0v) is 10.6. The number of likely N-dealkylation sites (N-methyl/N-ethyl adjacent to an activating group) is 1. The molecule has 1 heterocycles. The summed E-state index contributed by atoms with van der Waals surface area (Å²) in [4.78, 5) is 14.0. The molecule has 2 unspecified atom stereocenters. The van der Waals surface area contributed by atoms with Crippen molar-refractivity contribution in [2.75, 3.05) is 32.8 Å².